The molecule has 1 N–H and O–H groups in total. The molecular weight excluding hydrogens is 431 g/mol. The van der Waals surface area contributed by atoms with E-state index in [4.69, 9.17) is 0 Å². The maximum Gasteiger partial charge on any atom is 0.573 e. The van der Waals surface area contributed by atoms with E-state index in [1.807, 2.05) is 19.1 Å². The Labute approximate surface area is 179 Å². The molecule has 31 heavy (non-hydrogen) atoms. The summed E-state index contributed by atoms with van der Waals surface area (Å²) in [5, 5.41) is 0. The molecule has 0 bridgehead atoms. The lowest BCUT2D eigenvalue weighted by Gasteiger charge is -2.27. The van der Waals surface area contributed by atoms with Crippen LogP contribution in [0, 0.1) is 0 Å². The second-order valence-electron chi connectivity index (χ2n) is 7.26. The molecule has 0 saturated carbocycles. The first-order valence-corrected chi connectivity index (χ1v) is 11.3. The molecule has 0 aliphatic carbocycles. The quantitative estimate of drug-likeness (QED) is 0.627. The number of anilines is 1. The number of hydrogen-bond acceptors (Lipinski definition) is 5. The number of hydrogen-bond donors (Lipinski definition) is 1. The molecule has 0 saturated heterocycles. The third-order valence-electron chi connectivity index (χ3n) is 5.13. The standard InChI is InChI=1S/C21H24F3N3O3S/c1-15-6-11-19-20(5-3-12-25-19)27(16(15)2)14-4-13-26-31(28,29)18-9-7-17(8-10-18)30-21(22,23)24/h3,5,7-10,12,26H,4,6,11,13-14H2,1-2H3. The van der Waals surface area contributed by atoms with Crippen molar-refractivity contribution in [1.29, 1.82) is 0 Å². The van der Waals surface area contributed by atoms with E-state index in [9.17, 15) is 21.6 Å². The molecule has 2 heterocycles. The Morgan fingerprint density at radius 1 is 1.13 bits per heavy atom. The number of halogens is 3. The first-order chi connectivity index (χ1) is 14.6. The van der Waals surface area contributed by atoms with Gasteiger partial charge in [-0.25, -0.2) is 13.1 Å². The molecule has 2 aromatic rings. The Morgan fingerprint density at radius 2 is 1.84 bits per heavy atom. The Kier molecular flexibility index (Phi) is 6.90. The molecule has 0 amide bonds. The highest BCUT2D eigenvalue weighted by Gasteiger charge is 2.31. The van der Waals surface area contributed by atoms with Crippen molar-refractivity contribution >= 4 is 15.7 Å². The third-order valence-corrected chi connectivity index (χ3v) is 6.61. The molecule has 1 aliphatic heterocycles. The van der Waals surface area contributed by atoms with Crippen molar-refractivity contribution in [2.45, 2.75) is 44.4 Å². The molecule has 10 heteroatoms. The van der Waals surface area contributed by atoms with Crippen LogP contribution < -0.4 is 14.4 Å². The van der Waals surface area contributed by atoms with E-state index in [1.165, 1.54) is 5.57 Å². The number of fused-ring (bicyclic) bond motifs is 1. The summed E-state index contributed by atoms with van der Waals surface area (Å²) in [6.07, 6.45) is -0.742. The number of benzene rings is 1. The molecule has 6 nitrogen and oxygen atoms in total. The van der Waals surface area contributed by atoms with Gasteiger partial charge in [0.1, 0.15) is 5.75 Å². The van der Waals surface area contributed by atoms with Gasteiger partial charge in [0, 0.05) is 25.0 Å². The monoisotopic (exact) mass is 455 g/mol. The zero-order valence-electron chi connectivity index (χ0n) is 17.2. The van der Waals surface area contributed by atoms with E-state index in [-0.39, 0.29) is 11.4 Å². The first-order valence-electron chi connectivity index (χ1n) is 9.80. The average molecular weight is 456 g/mol. The highest BCUT2D eigenvalue weighted by Crippen LogP contribution is 2.30. The van der Waals surface area contributed by atoms with Crippen molar-refractivity contribution in [3.8, 4) is 5.75 Å². The number of alkyl halides is 3. The van der Waals surface area contributed by atoms with Crippen molar-refractivity contribution in [1.82, 2.24) is 9.71 Å². The van der Waals surface area contributed by atoms with Gasteiger partial charge in [-0.05, 0) is 69.5 Å². The fraction of sp³-hybridized carbons (Fsp3) is 0.381. The minimum Gasteiger partial charge on any atom is -0.406 e. The maximum atomic E-state index is 12.4. The van der Waals surface area contributed by atoms with Gasteiger partial charge in [-0.15, -0.1) is 13.2 Å². The van der Waals surface area contributed by atoms with E-state index in [2.05, 4.69) is 26.3 Å². The lowest BCUT2D eigenvalue weighted by atomic mass is 10.1. The van der Waals surface area contributed by atoms with Crippen molar-refractivity contribution in [2.75, 3.05) is 18.0 Å². The normalized spacial score (nSPS) is 14.9. The minimum atomic E-state index is -4.83. The van der Waals surface area contributed by atoms with Crippen LogP contribution >= 0.6 is 0 Å². The predicted octanol–water partition coefficient (Wildman–Crippen LogP) is 4.40. The number of rotatable bonds is 7. The van der Waals surface area contributed by atoms with Gasteiger partial charge in [0.05, 0.1) is 16.3 Å². The average Bonchev–Trinajstić information content (AvgIpc) is 2.82. The molecule has 0 unspecified atom stereocenters. The van der Waals surface area contributed by atoms with E-state index >= 15 is 0 Å². The van der Waals surface area contributed by atoms with Gasteiger partial charge in [0.25, 0.3) is 0 Å². The smallest absolute Gasteiger partial charge is 0.406 e. The Morgan fingerprint density at radius 3 is 2.52 bits per heavy atom. The van der Waals surface area contributed by atoms with Gasteiger partial charge < -0.3 is 9.64 Å². The van der Waals surface area contributed by atoms with Crippen molar-refractivity contribution in [3.05, 3.63) is 59.6 Å². The van der Waals surface area contributed by atoms with Crippen LogP contribution in [0.25, 0.3) is 0 Å². The number of aromatic nitrogens is 1. The molecule has 3 rings (SSSR count). The van der Waals surface area contributed by atoms with Crippen molar-refractivity contribution in [3.63, 3.8) is 0 Å². The van der Waals surface area contributed by atoms with Gasteiger partial charge >= 0.3 is 6.36 Å². The molecule has 1 aromatic heterocycles. The Bertz CT molecular complexity index is 1050. The lowest BCUT2D eigenvalue weighted by molar-refractivity contribution is -0.274. The molecule has 0 atom stereocenters. The second kappa shape index (κ2) is 9.27. The third kappa shape index (κ3) is 5.98. The van der Waals surface area contributed by atoms with Crippen LogP contribution in [0.5, 0.6) is 5.75 Å². The fourth-order valence-corrected chi connectivity index (χ4v) is 4.48. The Balaban J connectivity index is 1.61. The van der Waals surface area contributed by atoms with Crippen molar-refractivity contribution in [2.24, 2.45) is 0 Å². The van der Waals surface area contributed by atoms with Crippen LogP contribution in [-0.4, -0.2) is 32.9 Å². The van der Waals surface area contributed by atoms with Crippen molar-refractivity contribution < 1.29 is 26.3 Å². The summed E-state index contributed by atoms with van der Waals surface area (Å²) in [6, 6.07) is 8.00. The van der Waals surface area contributed by atoms with Gasteiger partial charge in [0.15, 0.2) is 0 Å². The lowest BCUT2D eigenvalue weighted by Crippen LogP contribution is -2.30. The molecule has 0 fully saturated rings. The van der Waals surface area contributed by atoms with E-state index in [1.54, 1.807) is 6.20 Å². The first kappa shape index (κ1) is 23.1. The van der Waals surface area contributed by atoms with E-state index in [0.717, 1.165) is 54.2 Å². The van der Waals surface area contributed by atoms with E-state index in [0.29, 0.717) is 13.0 Å². The molecule has 0 spiro atoms. The predicted molar refractivity (Wildman–Crippen MR) is 111 cm³/mol. The topological polar surface area (TPSA) is 71.5 Å². The maximum absolute atomic E-state index is 12.4. The number of sulfonamides is 1. The van der Waals surface area contributed by atoms with Gasteiger partial charge in [0.2, 0.25) is 10.0 Å². The zero-order chi connectivity index (χ0) is 22.6. The fourth-order valence-electron chi connectivity index (χ4n) is 3.40. The zero-order valence-corrected chi connectivity index (χ0v) is 18.1. The number of nitrogens with zero attached hydrogens (tertiary/aromatic N) is 2. The van der Waals surface area contributed by atoms with E-state index < -0.39 is 22.1 Å². The summed E-state index contributed by atoms with van der Waals surface area (Å²) >= 11 is 0. The number of pyridine rings is 1. The molecular formula is C21H24F3N3O3S. The molecule has 168 valence electrons. The molecule has 1 aromatic carbocycles. The van der Waals surface area contributed by atoms with Crippen LogP contribution in [0.3, 0.4) is 0 Å². The summed E-state index contributed by atoms with van der Waals surface area (Å²) < 4.78 is 67.9. The van der Waals surface area contributed by atoms with Gasteiger partial charge in [-0.2, -0.15) is 0 Å². The summed E-state index contributed by atoms with van der Waals surface area (Å²) in [4.78, 5) is 6.50. The van der Waals surface area contributed by atoms with Crippen LogP contribution in [0.1, 0.15) is 32.4 Å². The molecule has 0 radical (unpaired) electrons. The Hall–Kier alpha value is -2.59. The van der Waals surface area contributed by atoms with Crippen LogP contribution in [0.2, 0.25) is 0 Å². The molecule has 1 aliphatic rings. The number of nitrogens with one attached hydrogen (secondary N) is 1. The minimum absolute atomic E-state index is 0.127. The number of allylic oxidation sites excluding steroid dienone is 2. The second-order valence-corrected chi connectivity index (χ2v) is 9.02. The largest absolute Gasteiger partial charge is 0.573 e. The summed E-state index contributed by atoms with van der Waals surface area (Å²) in [7, 11) is -3.85. The summed E-state index contributed by atoms with van der Waals surface area (Å²) in [5.74, 6) is -0.475. The van der Waals surface area contributed by atoms with Crippen LogP contribution in [-0.2, 0) is 16.4 Å². The summed E-state index contributed by atoms with van der Waals surface area (Å²) in [5.41, 5.74) is 4.44. The highest BCUT2D eigenvalue weighted by atomic mass is 32.2. The van der Waals surface area contributed by atoms with Gasteiger partial charge in [-0.1, -0.05) is 5.57 Å². The number of aryl methyl sites for hydroxylation is 1. The number of ether oxygens (including phenoxy) is 1. The van der Waals surface area contributed by atoms with Gasteiger partial charge in [-0.3, -0.25) is 4.98 Å². The highest BCUT2D eigenvalue weighted by molar-refractivity contribution is 7.89. The van der Waals surface area contributed by atoms with Crippen LogP contribution in [0.4, 0.5) is 18.9 Å². The SMILES string of the molecule is CC1=C(C)N(CCCNS(=O)(=O)c2ccc(OC(F)(F)F)cc2)c2cccnc2CC1. The summed E-state index contributed by atoms with van der Waals surface area (Å²) in [6.45, 7) is 4.92. The van der Waals surface area contributed by atoms with Crippen LogP contribution in [0.15, 0.2) is 58.8 Å².